The van der Waals surface area contributed by atoms with Gasteiger partial charge in [-0.3, -0.25) is 9.36 Å². The quantitative estimate of drug-likeness (QED) is 0.459. The Kier molecular flexibility index (Phi) is 4.93. The number of halogens is 1. The molecule has 0 aliphatic carbocycles. The summed E-state index contributed by atoms with van der Waals surface area (Å²) in [5.41, 5.74) is 3.98. The summed E-state index contributed by atoms with van der Waals surface area (Å²) in [5, 5.41) is 1.73. The van der Waals surface area contributed by atoms with Crippen LogP contribution in [0.15, 0.2) is 54.0 Å². The van der Waals surface area contributed by atoms with Gasteiger partial charge in [0.1, 0.15) is 5.69 Å². The van der Waals surface area contributed by atoms with Crippen LogP contribution in [0.4, 0.5) is 4.79 Å². The van der Waals surface area contributed by atoms with Gasteiger partial charge in [0.25, 0.3) is 0 Å². The lowest BCUT2D eigenvalue weighted by molar-refractivity contribution is 0.173. The molecule has 0 spiro atoms. The summed E-state index contributed by atoms with van der Waals surface area (Å²) in [7, 11) is 0. The highest BCUT2D eigenvalue weighted by Gasteiger charge is 2.30. The van der Waals surface area contributed by atoms with E-state index in [2.05, 4.69) is 22.7 Å². The zero-order valence-corrected chi connectivity index (χ0v) is 19.0. The second-order valence-corrected chi connectivity index (χ2v) is 8.68. The van der Waals surface area contributed by atoms with Crippen molar-refractivity contribution in [2.24, 2.45) is 0 Å². The number of aromatic nitrogens is 4. The molecule has 0 saturated carbocycles. The van der Waals surface area contributed by atoms with Crippen molar-refractivity contribution in [3.05, 3.63) is 81.4 Å². The van der Waals surface area contributed by atoms with Gasteiger partial charge < -0.3 is 14.0 Å². The molecule has 0 saturated heterocycles. The van der Waals surface area contributed by atoms with Gasteiger partial charge in [-0.1, -0.05) is 11.6 Å². The van der Waals surface area contributed by atoms with E-state index in [1.807, 2.05) is 36.9 Å². The van der Waals surface area contributed by atoms with Gasteiger partial charge in [0, 0.05) is 65.8 Å². The first-order valence-electron chi connectivity index (χ1n) is 10.7. The van der Waals surface area contributed by atoms with Crippen LogP contribution in [-0.4, -0.2) is 36.2 Å². The zero-order chi connectivity index (χ0) is 22.6. The van der Waals surface area contributed by atoms with Crippen molar-refractivity contribution in [2.75, 3.05) is 6.54 Å². The van der Waals surface area contributed by atoms with Crippen LogP contribution in [0.25, 0.3) is 16.6 Å². The Labute approximate surface area is 190 Å². The number of pyridine rings is 1. The molecular formula is C24H24ClN5O2. The minimum Gasteiger partial charge on any atom is -0.347 e. The Morgan fingerprint density at radius 3 is 2.69 bits per heavy atom. The summed E-state index contributed by atoms with van der Waals surface area (Å²) in [5.74, 6) is 0. The first kappa shape index (κ1) is 20.6. The Morgan fingerprint density at radius 2 is 1.97 bits per heavy atom. The SMILES string of the molecule is CCn1cc(C(C)N2CCc3cc(=O)c(-n4cnc(C)c4)cn3C2=O)c2cc(Cl)ccc21. The molecule has 0 N–H and O–H groups in total. The molecule has 1 aromatic carbocycles. The normalized spacial score (nSPS) is 14.8. The fourth-order valence-corrected chi connectivity index (χ4v) is 4.74. The standard InChI is InChI=1S/C24H24ClN5O2/c1-4-27-12-20(19-9-17(25)5-6-21(19)27)16(3)29-8-7-18-10-23(31)22(13-30(18)24(29)32)28-11-15(2)26-14-28/h5-6,9-14,16H,4,7-8H2,1-3H3. The van der Waals surface area contributed by atoms with Crippen molar-refractivity contribution in [3.63, 3.8) is 0 Å². The molecule has 8 heteroatoms. The van der Waals surface area contributed by atoms with Crippen LogP contribution in [0.1, 0.15) is 36.8 Å². The molecule has 1 amide bonds. The fourth-order valence-electron chi connectivity index (χ4n) is 4.57. The Bertz CT molecular complexity index is 1410. The van der Waals surface area contributed by atoms with E-state index in [0.29, 0.717) is 23.7 Å². The van der Waals surface area contributed by atoms with Gasteiger partial charge in [-0.2, -0.15) is 0 Å². The number of rotatable bonds is 4. The molecule has 164 valence electrons. The van der Waals surface area contributed by atoms with Crippen molar-refractivity contribution in [2.45, 2.75) is 39.8 Å². The molecule has 1 unspecified atom stereocenters. The summed E-state index contributed by atoms with van der Waals surface area (Å²) in [4.78, 5) is 32.3. The van der Waals surface area contributed by atoms with Gasteiger partial charge in [-0.05, 0) is 44.5 Å². The summed E-state index contributed by atoms with van der Waals surface area (Å²) < 4.78 is 5.44. The van der Waals surface area contributed by atoms with Crippen LogP contribution in [-0.2, 0) is 13.0 Å². The highest BCUT2D eigenvalue weighted by molar-refractivity contribution is 6.31. The van der Waals surface area contributed by atoms with E-state index in [1.165, 1.54) is 0 Å². The monoisotopic (exact) mass is 449 g/mol. The fraction of sp³-hybridized carbons (Fsp3) is 0.292. The van der Waals surface area contributed by atoms with Crippen molar-refractivity contribution in [1.29, 1.82) is 0 Å². The summed E-state index contributed by atoms with van der Waals surface area (Å²) in [6.07, 6.45) is 7.73. The zero-order valence-electron chi connectivity index (χ0n) is 18.2. The number of hydrogen-bond donors (Lipinski definition) is 0. The van der Waals surface area contributed by atoms with E-state index < -0.39 is 0 Å². The molecule has 1 atom stereocenters. The number of nitrogens with zero attached hydrogens (tertiary/aromatic N) is 5. The maximum absolute atomic E-state index is 13.5. The van der Waals surface area contributed by atoms with Crippen molar-refractivity contribution in [3.8, 4) is 5.69 Å². The molecule has 4 aromatic rings. The maximum atomic E-state index is 13.5. The number of carbonyl (C=O) groups is 1. The predicted molar refractivity (Wildman–Crippen MR) is 125 cm³/mol. The average molecular weight is 450 g/mol. The molecule has 7 nitrogen and oxygen atoms in total. The number of benzene rings is 1. The molecule has 4 heterocycles. The first-order valence-corrected chi connectivity index (χ1v) is 11.1. The van der Waals surface area contributed by atoms with Gasteiger partial charge >= 0.3 is 6.03 Å². The molecule has 1 aliphatic heterocycles. The average Bonchev–Trinajstić information content (AvgIpc) is 3.36. The molecule has 0 fully saturated rings. The number of hydrogen-bond acceptors (Lipinski definition) is 3. The molecular weight excluding hydrogens is 426 g/mol. The van der Waals surface area contributed by atoms with E-state index in [-0.39, 0.29) is 17.5 Å². The third kappa shape index (κ3) is 3.24. The third-order valence-corrected chi connectivity index (χ3v) is 6.53. The Morgan fingerprint density at radius 1 is 1.16 bits per heavy atom. The topological polar surface area (TPSA) is 65.1 Å². The molecule has 1 aliphatic rings. The minimum atomic E-state index is -0.150. The number of fused-ring (bicyclic) bond motifs is 2. The van der Waals surface area contributed by atoms with Crippen LogP contribution in [0.5, 0.6) is 0 Å². The minimum absolute atomic E-state index is 0.122. The van der Waals surface area contributed by atoms with E-state index in [9.17, 15) is 9.59 Å². The van der Waals surface area contributed by atoms with Gasteiger partial charge in [-0.25, -0.2) is 9.78 Å². The lowest BCUT2D eigenvalue weighted by atomic mass is 10.0. The van der Waals surface area contributed by atoms with Gasteiger partial charge in [0.05, 0.1) is 18.1 Å². The molecule has 5 rings (SSSR count). The van der Waals surface area contributed by atoms with Crippen molar-refractivity contribution in [1.82, 2.24) is 23.6 Å². The van der Waals surface area contributed by atoms with Gasteiger partial charge in [-0.15, -0.1) is 0 Å². The van der Waals surface area contributed by atoms with Crippen LogP contribution < -0.4 is 5.43 Å². The summed E-state index contributed by atoms with van der Waals surface area (Å²) in [6, 6.07) is 7.15. The van der Waals surface area contributed by atoms with Crippen LogP contribution in [0, 0.1) is 6.92 Å². The largest absolute Gasteiger partial charge is 0.347 e. The summed E-state index contributed by atoms with van der Waals surface area (Å²) in [6.45, 7) is 7.38. The number of carbonyl (C=O) groups excluding carboxylic acids is 1. The van der Waals surface area contributed by atoms with E-state index >= 15 is 0 Å². The number of amides is 1. The van der Waals surface area contributed by atoms with Crippen molar-refractivity contribution < 1.29 is 4.79 Å². The second kappa shape index (κ2) is 7.67. The molecule has 0 bridgehead atoms. The van der Waals surface area contributed by atoms with E-state index in [4.69, 9.17) is 11.6 Å². The summed E-state index contributed by atoms with van der Waals surface area (Å²) >= 11 is 6.29. The van der Waals surface area contributed by atoms with E-state index in [0.717, 1.165) is 34.4 Å². The highest BCUT2D eigenvalue weighted by atomic mass is 35.5. The number of imidazole rings is 1. The molecule has 0 radical (unpaired) electrons. The highest BCUT2D eigenvalue weighted by Crippen LogP contribution is 2.33. The molecule has 3 aromatic heterocycles. The van der Waals surface area contributed by atoms with Gasteiger partial charge in [0.15, 0.2) is 0 Å². The lowest BCUT2D eigenvalue weighted by Gasteiger charge is -2.34. The lowest BCUT2D eigenvalue weighted by Crippen LogP contribution is -2.44. The maximum Gasteiger partial charge on any atom is 0.328 e. The Hall–Kier alpha value is -3.32. The van der Waals surface area contributed by atoms with Crippen LogP contribution in [0.2, 0.25) is 5.02 Å². The first-order chi connectivity index (χ1) is 15.4. The van der Waals surface area contributed by atoms with E-state index in [1.54, 1.807) is 33.9 Å². The number of aryl methyl sites for hydroxylation is 2. The third-order valence-electron chi connectivity index (χ3n) is 6.29. The smallest absolute Gasteiger partial charge is 0.328 e. The second-order valence-electron chi connectivity index (χ2n) is 8.24. The van der Waals surface area contributed by atoms with Crippen molar-refractivity contribution >= 4 is 28.5 Å². The molecule has 32 heavy (non-hydrogen) atoms. The van der Waals surface area contributed by atoms with Crippen LogP contribution in [0.3, 0.4) is 0 Å². The predicted octanol–water partition coefficient (Wildman–Crippen LogP) is 4.56. The van der Waals surface area contributed by atoms with Gasteiger partial charge in [0.2, 0.25) is 5.43 Å². The Balaban J connectivity index is 1.56. The van der Waals surface area contributed by atoms with Crippen LogP contribution >= 0.6 is 11.6 Å².